The van der Waals surface area contributed by atoms with Gasteiger partial charge in [0.05, 0.1) is 13.7 Å². The van der Waals surface area contributed by atoms with Gasteiger partial charge in [-0.15, -0.1) is 0 Å². The standard InChI is InChI=1S/C12H16N4O6S/c1-20-6-4(3-17)22-10(5(6)18)16-8-7(23-12(16)19)9(21-2)15-11(13)14-8/h4-6,10,17-18H,3H2,1-2H3,(H2,13,14,15)/t4-,5-,6-,10-/m1/s1. The van der Waals surface area contributed by atoms with Crippen molar-refractivity contribution in [3.63, 3.8) is 0 Å². The highest BCUT2D eigenvalue weighted by Crippen LogP contribution is 2.34. The van der Waals surface area contributed by atoms with Gasteiger partial charge in [0, 0.05) is 7.11 Å². The number of aliphatic hydroxyl groups is 2. The largest absolute Gasteiger partial charge is 0.480 e. The number of hydrogen-bond acceptors (Lipinski definition) is 10. The molecule has 0 saturated carbocycles. The Kier molecular flexibility index (Phi) is 4.21. The Morgan fingerprint density at radius 2 is 2.17 bits per heavy atom. The third-order valence-electron chi connectivity index (χ3n) is 3.66. The van der Waals surface area contributed by atoms with Crippen LogP contribution in [0.4, 0.5) is 5.95 Å². The zero-order valence-electron chi connectivity index (χ0n) is 12.4. The Labute approximate surface area is 134 Å². The molecule has 4 N–H and O–H groups in total. The number of aromatic nitrogens is 3. The number of nitrogen functional groups attached to an aromatic ring is 1. The molecule has 126 valence electrons. The van der Waals surface area contributed by atoms with Crippen LogP contribution in [0.25, 0.3) is 10.3 Å². The van der Waals surface area contributed by atoms with Crippen LogP contribution in [0.5, 0.6) is 5.88 Å². The molecule has 1 aliphatic rings. The van der Waals surface area contributed by atoms with Gasteiger partial charge in [0.1, 0.15) is 23.0 Å². The number of nitrogens with zero attached hydrogens (tertiary/aromatic N) is 3. The summed E-state index contributed by atoms with van der Waals surface area (Å²) < 4.78 is 17.4. The molecule has 0 spiro atoms. The topological polar surface area (TPSA) is 142 Å². The second-order valence-electron chi connectivity index (χ2n) is 4.92. The van der Waals surface area contributed by atoms with E-state index >= 15 is 0 Å². The summed E-state index contributed by atoms with van der Waals surface area (Å²) in [6, 6.07) is 0. The molecule has 23 heavy (non-hydrogen) atoms. The molecule has 1 aliphatic heterocycles. The molecular formula is C12H16N4O6S. The molecule has 4 atom stereocenters. The number of thiazole rings is 1. The molecule has 0 bridgehead atoms. The highest BCUT2D eigenvalue weighted by Gasteiger charge is 2.46. The second kappa shape index (κ2) is 6.02. The predicted molar refractivity (Wildman–Crippen MR) is 80.4 cm³/mol. The van der Waals surface area contributed by atoms with Crippen LogP contribution < -0.4 is 15.3 Å². The van der Waals surface area contributed by atoms with Crippen LogP contribution in [0, 0.1) is 0 Å². The fourth-order valence-electron chi connectivity index (χ4n) is 2.64. The van der Waals surface area contributed by atoms with Crippen molar-refractivity contribution in [2.75, 3.05) is 26.6 Å². The van der Waals surface area contributed by atoms with Crippen LogP contribution in [0.15, 0.2) is 4.79 Å². The van der Waals surface area contributed by atoms with E-state index in [0.717, 1.165) is 11.3 Å². The summed E-state index contributed by atoms with van der Waals surface area (Å²) in [5, 5.41) is 19.7. The Balaban J connectivity index is 2.15. The van der Waals surface area contributed by atoms with Gasteiger partial charge < -0.3 is 30.2 Å². The Morgan fingerprint density at radius 3 is 2.74 bits per heavy atom. The summed E-state index contributed by atoms with van der Waals surface area (Å²) in [5.41, 5.74) is 5.83. The predicted octanol–water partition coefficient (Wildman–Crippen LogP) is -1.29. The quantitative estimate of drug-likeness (QED) is 0.617. The molecule has 0 aromatic carbocycles. The van der Waals surface area contributed by atoms with Gasteiger partial charge in [-0.1, -0.05) is 11.3 Å². The van der Waals surface area contributed by atoms with Gasteiger partial charge in [0.2, 0.25) is 11.8 Å². The maximum Gasteiger partial charge on any atom is 0.311 e. The maximum absolute atomic E-state index is 12.4. The first-order chi connectivity index (χ1) is 11.0. The molecule has 0 radical (unpaired) electrons. The number of rotatable bonds is 4. The van der Waals surface area contributed by atoms with Gasteiger partial charge >= 0.3 is 4.87 Å². The summed E-state index contributed by atoms with van der Waals surface area (Å²) in [6.07, 6.45) is -3.75. The van der Waals surface area contributed by atoms with Crippen LogP contribution in [-0.4, -0.2) is 63.9 Å². The first-order valence-electron chi connectivity index (χ1n) is 6.71. The van der Waals surface area contributed by atoms with Crippen molar-refractivity contribution >= 4 is 27.6 Å². The van der Waals surface area contributed by atoms with E-state index in [1.54, 1.807) is 0 Å². The van der Waals surface area contributed by atoms with E-state index in [1.165, 1.54) is 18.8 Å². The van der Waals surface area contributed by atoms with Crippen molar-refractivity contribution in [1.82, 2.24) is 14.5 Å². The lowest BCUT2D eigenvalue weighted by atomic mass is 10.1. The first-order valence-corrected chi connectivity index (χ1v) is 7.53. The number of fused-ring (bicyclic) bond motifs is 1. The van der Waals surface area contributed by atoms with Crippen molar-refractivity contribution in [3.8, 4) is 5.88 Å². The summed E-state index contributed by atoms with van der Waals surface area (Å²) >= 11 is 0.853. The van der Waals surface area contributed by atoms with E-state index in [0.29, 0.717) is 4.70 Å². The number of anilines is 1. The molecule has 0 unspecified atom stereocenters. The average Bonchev–Trinajstić information content (AvgIpc) is 3.02. The van der Waals surface area contributed by atoms with Crippen molar-refractivity contribution in [3.05, 3.63) is 9.67 Å². The lowest BCUT2D eigenvalue weighted by Crippen LogP contribution is -2.36. The molecule has 1 saturated heterocycles. The Bertz CT molecular complexity index is 777. The Morgan fingerprint density at radius 1 is 1.43 bits per heavy atom. The molecule has 3 heterocycles. The fourth-order valence-corrected chi connectivity index (χ4v) is 3.56. The molecular weight excluding hydrogens is 328 g/mol. The van der Waals surface area contributed by atoms with E-state index in [1.807, 2.05) is 0 Å². The third kappa shape index (κ3) is 2.46. The van der Waals surface area contributed by atoms with Crippen molar-refractivity contribution in [2.24, 2.45) is 0 Å². The van der Waals surface area contributed by atoms with Crippen molar-refractivity contribution in [1.29, 1.82) is 0 Å². The highest BCUT2D eigenvalue weighted by atomic mass is 32.1. The van der Waals surface area contributed by atoms with Gasteiger partial charge in [0.15, 0.2) is 11.9 Å². The normalized spacial score (nSPS) is 27.7. The summed E-state index contributed by atoms with van der Waals surface area (Å²) in [5.74, 6) is 0.0956. The Hall–Kier alpha value is -1.79. The van der Waals surface area contributed by atoms with Gasteiger partial charge in [-0.05, 0) is 0 Å². The summed E-state index contributed by atoms with van der Waals surface area (Å²) in [7, 11) is 2.79. The number of nitrogens with two attached hydrogens (primary N) is 1. The fraction of sp³-hybridized carbons (Fsp3) is 0.583. The summed E-state index contributed by atoms with van der Waals surface area (Å²) in [6.45, 7) is -0.358. The van der Waals surface area contributed by atoms with E-state index in [-0.39, 0.29) is 24.1 Å². The van der Waals surface area contributed by atoms with E-state index in [2.05, 4.69) is 9.97 Å². The van der Waals surface area contributed by atoms with Gasteiger partial charge in [-0.25, -0.2) is 0 Å². The number of hydrogen-bond donors (Lipinski definition) is 3. The van der Waals surface area contributed by atoms with Crippen LogP contribution in [-0.2, 0) is 9.47 Å². The molecule has 1 fully saturated rings. The number of methoxy groups -OCH3 is 2. The lowest BCUT2D eigenvalue weighted by molar-refractivity contribution is -0.0542. The van der Waals surface area contributed by atoms with E-state index < -0.39 is 29.4 Å². The second-order valence-corrected chi connectivity index (χ2v) is 5.88. The van der Waals surface area contributed by atoms with Gasteiger partial charge in [-0.3, -0.25) is 9.36 Å². The minimum Gasteiger partial charge on any atom is -0.480 e. The molecule has 2 aromatic rings. The maximum atomic E-state index is 12.4. The molecule has 10 nitrogen and oxygen atoms in total. The van der Waals surface area contributed by atoms with Crippen LogP contribution in [0.3, 0.4) is 0 Å². The lowest BCUT2D eigenvalue weighted by Gasteiger charge is -2.17. The first kappa shape index (κ1) is 16.1. The smallest absolute Gasteiger partial charge is 0.311 e. The van der Waals surface area contributed by atoms with E-state index in [4.69, 9.17) is 19.9 Å². The zero-order chi connectivity index (χ0) is 16.7. The number of aliphatic hydroxyl groups excluding tert-OH is 2. The minimum atomic E-state index is -1.16. The average molecular weight is 344 g/mol. The van der Waals surface area contributed by atoms with Gasteiger partial charge in [-0.2, -0.15) is 9.97 Å². The highest BCUT2D eigenvalue weighted by molar-refractivity contribution is 7.16. The van der Waals surface area contributed by atoms with Gasteiger partial charge in [0.25, 0.3) is 0 Å². The van der Waals surface area contributed by atoms with Crippen LogP contribution in [0.1, 0.15) is 6.23 Å². The van der Waals surface area contributed by atoms with Crippen molar-refractivity contribution < 1.29 is 24.4 Å². The molecule has 0 aliphatic carbocycles. The molecule has 2 aromatic heterocycles. The molecule has 0 amide bonds. The minimum absolute atomic E-state index is 0.0737. The summed E-state index contributed by atoms with van der Waals surface area (Å²) in [4.78, 5) is 19.9. The van der Waals surface area contributed by atoms with Crippen LogP contribution >= 0.6 is 11.3 Å². The van der Waals surface area contributed by atoms with Crippen LogP contribution in [0.2, 0.25) is 0 Å². The third-order valence-corrected chi connectivity index (χ3v) is 4.59. The molecule has 3 rings (SSSR count). The SMILES string of the molecule is COc1nc(N)nc2c1sc(=O)n2[C@@H]1O[C@H](CO)[C@@H](OC)[C@H]1O. The molecule has 11 heteroatoms. The number of ether oxygens (including phenoxy) is 3. The van der Waals surface area contributed by atoms with E-state index in [9.17, 15) is 15.0 Å². The zero-order valence-corrected chi connectivity index (χ0v) is 13.2. The monoisotopic (exact) mass is 344 g/mol. The van der Waals surface area contributed by atoms with Crippen molar-refractivity contribution in [2.45, 2.75) is 24.5 Å².